The summed E-state index contributed by atoms with van der Waals surface area (Å²) in [5.41, 5.74) is 1.03. The first-order valence-corrected chi connectivity index (χ1v) is 12.5. The first-order valence-electron chi connectivity index (χ1n) is 10.6. The largest absolute Gasteiger partial charge is 0.497 e. The summed E-state index contributed by atoms with van der Waals surface area (Å²) in [5.74, 6) is -0.0633. The number of carbonyl (C=O) groups excluding carboxylic acids is 1. The SMILES string of the molecule is COc1ccc(N2Cc3cnc(S(C)(=O)=O)nc3C3(CCC4(CC3)OCCO4)C2=O)cc1. The Bertz CT molecular complexity index is 1150. The number of methoxy groups -OCH3 is 1. The molecule has 1 aromatic heterocycles. The zero-order chi connectivity index (χ0) is 22.6. The van der Waals surface area contributed by atoms with Crippen molar-refractivity contribution >= 4 is 21.4 Å². The number of amides is 1. The maximum absolute atomic E-state index is 14.0. The third-order valence-electron chi connectivity index (χ3n) is 6.67. The van der Waals surface area contributed by atoms with Gasteiger partial charge in [0.15, 0.2) is 5.79 Å². The Labute approximate surface area is 186 Å². The van der Waals surface area contributed by atoms with Crippen molar-refractivity contribution in [2.24, 2.45) is 0 Å². The molecule has 0 atom stereocenters. The van der Waals surface area contributed by atoms with Gasteiger partial charge in [0.1, 0.15) is 5.75 Å². The number of carbonyl (C=O) groups is 1. The van der Waals surface area contributed by atoms with Gasteiger partial charge < -0.3 is 19.1 Å². The van der Waals surface area contributed by atoms with E-state index in [0.717, 1.165) is 17.5 Å². The molecule has 2 fully saturated rings. The topological polar surface area (TPSA) is 108 Å². The molecule has 1 aliphatic carbocycles. The minimum absolute atomic E-state index is 0.0961. The molecular weight excluding hydrogens is 434 g/mol. The molecule has 1 saturated heterocycles. The predicted molar refractivity (Wildman–Crippen MR) is 114 cm³/mol. The van der Waals surface area contributed by atoms with Gasteiger partial charge in [0.2, 0.25) is 20.9 Å². The number of benzene rings is 1. The van der Waals surface area contributed by atoms with E-state index in [1.165, 1.54) is 6.20 Å². The van der Waals surface area contributed by atoms with Gasteiger partial charge in [-0.1, -0.05) is 0 Å². The highest BCUT2D eigenvalue weighted by molar-refractivity contribution is 7.90. The lowest BCUT2D eigenvalue weighted by atomic mass is 9.66. The molecule has 0 bridgehead atoms. The molecule has 9 nitrogen and oxygen atoms in total. The van der Waals surface area contributed by atoms with E-state index in [2.05, 4.69) is 9.97 Å². The molecule has 0 N–H and O–H groups in total. The normalized spacial score (nSPS) is 21.7. The van der Waals surface area contributed by atoms with Crippen LogP contribution in [0.1, 0.15) is 36.9 Å². The van der Waals surface area contributed by atoms with Crippen LogP contribution in [-0.2, 0) is 36.1 Å². The van der Waals surface area contributed by atoms with E-state index in [9.17, 15) is 13.2 Å². The van der Waals surface area contributed by atoms with Crippen molar-refractivity contribution in [3.05, 3.63) is 41.7 Å². The van der Waals surface area contributed by atoms with Crippen LogP contribution in [0.3, 0.4) is 0 Å². The minimum Gasteiger partial charge on any atom is -0.497 e. The number of hydrogen-bond donors (Lipinski definition) is 0. The summed E-state index contributed by atoms with van der Waals surface area (Å²) in [6, 6.07) is 7.30. The zero-order valence-corrected chi connectivity index (χ0v) is 18.9. The summed E-state index contributed by atoms with van der Waals surface area (Å²) >= 11 is 0. The van der Waals surface area contributed by atoms with Crippen LogP contribution < -0.4 is 9.64 Å². The molecule has 1 saturated carbocycles. The van der Waals surface area contributed by atoms with Crippen LogP contribution in [0.4, 0.5) is 5.69 Å². The van der Waals surface area contributed by atoms with E-state index in [0.29, 0.717) is 50.3 Å². The van der Waals surface area contributed by atoms with Gasteiger partial charge in [-0.15, -0.1) is 0 Å². The average Bonchev–Trinajstić information content (AvgIpc) is 3.25. The zero-order valence-electron chi connectivity index (χ0n) is 18.0. The molecule has 3 heterocycles. The Balaban J connectivity index is 1.60. The van der Waals surface area contributed by atoms with Gasteiger partial charge in [-0.25, -0.2) is 18.4 Å². The fourth-order valence-electron chi connectivity index (χ4n) is 4.97. The fraction of sp³-hybridized carbons (Fsp3) is 0.500. The lowest BCUT2D eigenvalue weighted by Crippen LogP contribution is -2.55. The molecular formula is C22H25N3O6S. The molecule has 170 valence electrons. The summed E-state index contributed by atoms with van der Waals surface area (Å²) < 4.78 is 41.3. The van der Waals surface area contributed by atoms with Gasteiger partial charge in [0.25, 0.3) is 0 Å². The van der Waals surface area contributed by atoms with Gasteiger partial charge in [0, 0.05) is 36.5 Å². The standard InChI is InChI=1S/C22H25N3O6S/c1-29-17-5-3-16(4-6-17)25-14-15-13-23-20(32(2,27)28)24-18(15)21(19(25)26)7-9-22(10-8-21)30-11-12-31-22/h3-6,13H,7-12,14H2,1-2H3. The van der Waals surface area contributed by atoms with Crippen molar-refractivity contribution < 1.29 is 27.4 Å². The second kappa shape index (κ2) is 7.50. The third kappa shape index (κ3) is 3.37. The summed E-state index contributed by atoms with van der Waals surface area (Å²) in [7, 11) is -2.02. The number of hydrogen-bond acceptors (Lipinski definition) is 8. The van der Waals surface area contributed by atoms with Crippen LogP contribution in [-0.4, -0.2) is 56.7 Å². The Kier molecular flexibility index (Phi) is 4.99. The highest BCUT2D eigenvalue weighted by atomic mass is 32.2. The number of sulfone groups is 1. The van der Waals surface area contributed by atoms with Crippen molar-refractivity contribution in [1.82, 2.24) is 9.97 Å². The third-order valence-corrected chi connectivity index (χ3v) is 7.53. The smallest absolute Gasteiger partial charge is 0.247 e. The molecule has 5 rings (SSSR count). The Morgan fingerprint density at radius 1 is 1.06 bits per heavy atom. The lowest BCUT2D eigenvalue weighted by Gasteiger charge is -2.47. The molecule has 0 unspecified atom stereocenters. The summed E-state index contributed by atoms with van der Waals surface area (Å²) in [5, 5.41) is -0.255. The highest BCUT2D eigenvalue weighted by Crippen LogP contribution is 2.50. The van der Waals surface area contributed by atoms with Crippen molar-refractivity contribution in [2.75, 3.05) is 31.5 Å². The quantitative estimate of drug-likeness (QED) is 0.642. The molecule has 2 aromatic rings. The number of anilines is 1. The van der Waals surface area contributed by atoms with E-state index in [4.69, 9.17) is 14.2 Å². The summed E-state index contributed by atoms with van der Waals surface area (Å²) in [6.45, 7) is 1.34. The van der Waals surface area contributed by atoms with E-state index < -0.39 is 21.0 Å². The van der Waals surface area contributed by atoms with Gasteiger partial charge in [-0.05, 0) is 37.1 Å². The van der Waals surface area contributed by atoms with Crippen molar-refractivity contribution in [2.45, 2.75) is 48.6 Å². The van der Waals surface area contributed by atoms with E-state index in [-0.39, 0.29) is 17.6 Å². The van der Waals surface area contributed by atoms with E-state index in [1.807, 2.05) is 24.3 Å². The van der Waals surface area contributed by atoms with E-state index in [1.54, 1.807) is 12.0 Å². The van der Waals surface area contributed by atoms with Crippen molar-refractivity contribution in [3.8, 4) is 5.75 Å². The number of ether oxygens (including phenoxy) is 3. The van der Waals surface area contributed by atoms with Crippen LogP contribution in [0.2, 0.25) is 0 Å². The second-order valence-electron chi connectivity index (χ2n) is 8.58. The van der Waals surface area contributed by atoms with Crippen molar-refractivity contribution in [1.29, 1.82) is 0 Å². The van der Waals surface area contributed by atoms with Crippen LogP contribution in [0.5, 0.6) is 5.75 Å². The van der Waals surface area contributed by atoms with E-state index >= 15 is 0 Å². The first kappa shape index (κ1) is 21.3. The average molecular weight is 460 g/mol. The van der Waals surface area contributed by atoms with Crippen LogP contribution in [0.25, 0.3) is 0 Å². The van der Waals surface area contributed by atoms with Gasteiger partial charge in [-0.3, -0.25) is 4.79 Å². The molecule has 0 radical (unpaired) electrons. The summed E-state index contributed by atoms with van der Waals surface area (Å²) in [4.78, 5) is 24.2. The number of nitrogens with zero attached hydrogens (tertiary/aromatic N) is 3. The highest BCUT2D eigenvalue weighted by Gasteiger charge is 2.55. The maximum Gasteiger partial charge on any atom is 0.247 e. The molecule has 2 spiro atoms. The van der Waals surface area contributed by atoms with Gasteiger partial charge in [0.05, 0.1) is 38.0 Å². The number of rotatable bonds is 3. The predicted octanol–water partition coefficient (Wildman–Crippen LogP) is 1.99. The summed E-state index contributed by atoms with van der Waals surface area (Å²) in [6.07, 6.45) is 4.58. The van der Waals surface area contributed by atoms with Gasteiger partial charge >= 0.3 is 0 Å². The number of fused-ring (bicyclic) bond motifs is 2. The maximum atomic E-state index is 14.0. The molecule has 32 heavy (non-hydrogen) atoms. The van der Waals surface area contributed by atoms with Crippen molar-refractivity contribution in [3.63, 3.8) is 0 Å². The van der Waals surface area contributed by atoms with Gasteiger partial charge in [-0.2, -0.15) is 0 Å². The fourth-order valence-corrected chi connectivity index (χ4v) is 5.47. The molecule has 1 aromatic carbocycles. The molecule has 3 aliphatic rings. The first-order chi connectivity index (χ1) is 15.3. The monoisotopic (exact) mass is 459 g/mol. The Morgan fingerprint density at radius 3 is 2.31 bits per heavy atom. The van der Waals surface area contributed by atoms with Crippen LogP contribution >= 0.6 is 0 Å². The van der Waals surface area contributed by atoms with Crippen LogP contribution in [0.15, 0.2) is 35.6 Å². The Hall–Kier alpha value is -2.56. The van der Waals surface area contributed by atoms with Crippen LogP contribution in [0, 0.1) is 0 Å². The second-order valence-corrected chi connectivity index (χ2v) is 10.5. The lowest BCUT2D eigenvalue weighted by molar-refractivity contribution is -0.186. The minimum atomic E-state index is -3.62. The molecule has 2 aliphatic heterocycles. The molecule has 10 heteroatoms. The Morgan fingerprint density at radius 2 is 1.72 bits per heavy atom. The number of aromatic nitrogens is 2. The molecule has 1 amide bonds.